The zero-order valence-corrected chi connectivity index (χ0v) is 22.0. The fourth-order valence-electron chi connectivity index (χ4n) is 5.41. The largest absolute Gasteiger partial charge is 0.468 e. The number of carbonyl (C=O) groups excluding carboxylic acids is 1. The van der Waals surface area contributed by atoms with E-state index in [-0.39, 0.29) is 5.97 Å². The molecule has 0 spiro atoms. The lowest BCUT2D eigenvalue weighted by Gasteiger charge is -2.37. The molecule has 1 aliphatic rings. The maximum absolute atomic E-state index is 12.9. The van der Waals surface area contributed by atoms with Gasteiger partial charge in [-0.15, -0.1) is 0 Å². The molecule has 38 heavy (non-hydrogen) atoms. The molecule has 1 unspecified atom stereocenters. The lowest BCUT2D eigenvalue weighted by Crippen LogP contribution is -2.47. The third-order valence-electron chi connectivity index (χ3n) is 7.71. The van der Waals surface area contributed by atoms with Crippen LogP contribution in [0.15, 0.2) is 78.9 Å². The Morgan fingerprint density at radius 2 is 1.53 bits per heavy atom. The van der Waals surface area contributed by atoms with Crippen LogP contribution in [-0.2, 0) is 21.1 Å². The fourth-order valence-corrected chi connectivity index (χ4v) is 5.41. The number of benzene rings is 3. The van der Waals surface area contributed by atoms with Crippen molar-refractivity contribution in [3.05, 3.63) is 90.0 Å². The van der Waals surface area contributed by atoms with Gasteiger partial charge in [-0.3, -0.25) is 9.69 Å². The standard InChI is InChI=1S/C31H35F3N2O2/c1-3-30(29(37)38-2,26-10-5-4-6-11-26)17-8-18-35-19-21-36(22-20-35)28-12-7-9-25(23-28)24-13-15-27(16-14-24)31(32,33)34/h4-7,9-16,23H,3,8,17-22H2,1-2H3. The van der Waals surface area contributed by atoms with Crippen LogP contribution in [-0.4, -0.2) is 50.7 Å². The van der Waals surface area contributed by atoms with Crippen molar-refractivity contribution in [3.63, 3.8) is 0 Å². The van der Waals surface area contributed by atoms with Gasteiger partial charge in [0.25, 0.3) is 0 Å². The highest BCUT2D eigenvalue weighted by Gasteiger charge is 2.39. The minimum absolute atomic E-state index is 0.177. The van der Waals surface area contributed by atoms with Gasteiger partial charge < -0.3 is 9.64 Å². The smallest absolute Gasteiger partial charge is 0.416 e. The Morgan fingerprint density at radius 1 is 0.842 bits per heavy atom. The molecule has 0 aliphatic carbocycles. The Labute approximate surface area is 223 Å². The van der Waals surface area contributed by atoms with Crippen LogP contribution < -0.4 is 4.90 Å². The molecular weight excluding hydrogens is 489 g/mol. The summed E-state index contributed by atoms with van der Waals surface area (Å²) < 4.78 is 44.0. The van der Waals surface area contributed by atoms with Crippen molar-refractivity contribution in [2.24, 2.45) is 0 Å². The summed E-state index contributed by atoms with van der Waals surface area (Å²) in [5, 5.41) is 0. The first-order chi connectivity index (χ1) is 18.3. The molecule has 0 radical (unpaired) electrons. The Kier molecular flexibility index (Phi) is 8.77. The molecule has 0 amide bonds. The van der Waals surface area contributed by atoms with Gasteiger partial charge in [0.2, 0.25) is 0 Å². The summed E-state index contributed by atoms with van der Waals surface area (Å²) in [6, 6.07) is 23.2. The number of carbonyl (C=O) groups is 1. The lowest BCUT2D eigenvalue weighted by atomic mass is 9.74. The molecule has 1 saturated heterocycles. The first-order valence-electron chi connectivity index (χ1n) is 13.2. The van der Waals surface area contributed by atoms with E-state index in [9.17, 15) is 18.0 Å². The van der Waals surface area contributed by atoms with Gasteiger partial charge in [0.15, 0.2) is 0 Å². The third-order valence-corrected chi connectivity index (χ3v) is 7.71. The summed E-state index contributed by atoms with van der Waals surface area (Å²) in [7, 11) is 1.46. The van der Waals surface area contributed by atoms with E-state index in [4.69, 9.17) is 4.74 Å². The monoisotopic (exact) mass is 524 g/mol. The van der Waals surface area contributed by atoms with E-state index >= 15 is 0 Å². The molecule has 0 saturated carbocycles. The number of esters is 1. The normalized spacial score (nSPS) is 16.2. The predicted octanol–water partition coefficient (Wildman–Crippen LogP) is 6.80. The molecule has 3 aromatic carbocycles. The summed E-state index contributed by atoms with van der Waals surface area (Å²) >= 11 is 0. The Hall–Kier alpha value is -3.32. The van der Waals surface area contributed by atoms with Crippen molar-refractivity contribution in [3.8, 4) is 11.1 Å². The number of hydrogen-bond donors (Lipinski definition) is 0. The van der Waals surface area contributed by atoms with Crippen molar-refractivity contribution in [2.75, 3.05) is 44.7 Å². The minimum atomic E-state index is -4.33. The van der Waals surface area contributed by atoms with Gasteiger partial charge in [-0.25, -0.2) is 0 Å². The highest BCUT2D eigenvalue weighted by molar-refractivity contribution is 5.83. The Morgan fingerprint density at radius 3 is 2.13 bits per heavy atom. The maximum Gasteiger partial charge on any atom is 0.416 e. The van der Waals surface area contributed by atoms with Crippen LogP contribution in [0.4, 0.5) is 18.9 Å². The van der Waals surface area contributed by atoms with Gasteiger partial charge >= 0.3 is 12.1 Å². The second kappa shape index (κ2) is 12.0. The van der Waals surface area contributed by atoms with E-state index in [0.29, 0.717) is 6.42 Å². The second-order valence-corrected chi connectivity index (χ2v) is 9.85. The quantitative estimate of drug-likeness (QED) is 0.289. The number of piperazine rings is 1. The SMILES string of the molecule is CCC(CCCN1CCN(c2cccc(-c3ccc(C(F)(F)F)cc3)c2)CC1)(C(=O)OC)c1ccccc1. The van der Waals surface area contributed by atoms with Gasteiger partial charge in [0.1, 0.15) is 0 Å². The van der Waals surface area contributed by atoms with Crippen molar-refractivity contribution < 1.29 is 22.7 Å². The van der Waals surface area contributed by atoms with Crippen LogP contribution >= 0.6 is 0 Å². The molecular formula is C31H35F3N2O2. The van der Waals surface area contributed by atoms with Crippen LogP contribution in [0.3, 0.4) is 0 Å². The van der Waals surface area contributed by atoms with Gasteiger partial charge in [-0.1, -0.05) is 61.5 Å². The molecule has 1 heterocycles. The van der Waals surface area contributed by atoms with Gasteiger partial charge in [0, 0.05) is 31.9 Å². The van der Waals surface area contributed by atoms with Gasteiger partial charge in [0.05, 0.1) is 18.1 Å². The number of alkyl halides is 3. The molecule has 1 fully saturated rings. The summed E-state index contributed by atoms with van der Waals surface area (Å²) in [5.74, 6) is -0.177. The van der Waals surface area contributed by atoms with Crippen LogP contribution in [0.25, 0.3) is 11.1 Å². The van der Waals surface area contributed by atoms with Crippen LogP contribution in [0.1, 0.15) is 37.3 Å². The molecule has 4 rings (SSSR count). The molecule has 0 N–H and O–H groups in total. The molecule has 0 aromatic heterocycles. The fraction of sp³-hybridized carbons (Fsp3) is 0.387. The zero-order valence-electron chi connectivity index (χ0n) is 22.0. The molecule has 1 atom stereocenters. The lowest BCUT2D eigenvalue weighted by molar-refractivity contribution is -0.148. The summed E-state index contributed by atoms with van der Waals surface area (Å²) in [6.45, 7) is 6.50. The number of halogens is 3. The molecule has 4 nitrogen and oxygen atoms in total. The van der Waals surface area contributed by atoms with Crippen molar-refractivity contribution in [1.29, 1.82) is 0 Å². The number of hydrogen-bond acceptors (Lipinski definition) is 4. The van der Waals surface area contributed by atoms with E-state index < -0.39 is 17.2 Å². The van der Waals surface area contributed by atoms with Crippen LogP contribution in [0, 0.1) is 0 Å². The summed E-state index contributed by atoms with van der Waals surface area (Å²) in [4.78, 5) is 17.6. The maximum atomic E-state index is 12.9. The number of rotatable bonds is 9. The van der Waals surface area contributed by atoms with Gasteiger partial charge in [-0.2, -0.15) is 13.2 Å². The Bertz CT molecular complexity index is 1190. The van der Waals surface area contributed by atoms with E-state index in [1.54, 1.807) is 0 Å². The number of ether oxygens (including phenoxy) is 1. The van der Waals surface area contributed by atoms with Crippen molar-refractivity contribution >= 4 is 11.7 Å². The second-order valence-electron chi connectivity index (χ2n) is 9.85. The highest BCUT2D eigenvalue weighted by atomic mass is 19.4. The molecule has 0 bridgehead atoms. The molecule has 3 aromatic rings. The topological polar surface area (TPSA) is 32.8 Å². The van der Waals surface area contributed by atoms with E-state index in [1.165, 1.54) is 19.2 Å². The first-order valence-corrected chi connectivity index (χ1v) is 13.2. The number of nitrogens with zero attached hydrogens (tertiary/aromatic N) is 2. The van der Waals surface area contributed by atoms with Gasteiger partial charge in [-0.05, 0) is 66.8 Å². The van der Waals surface area contributed by atoms with Crippen LogP contribution in [0.2, 0.25) is 0 Å². The minimum Gasteiger partial charge on any atom is -0.468 e. The van der Waals surface area contributed by atoms with Crippen molar-refractivity contribution in [2.45, 2.75) is 37.8 Å². The molecule has 7 heteroatoms. The molecule has 202 valence electrons. The predicted molar refractivity (Wildman–Crippen MR) is 145 cm³/mol. The average Bonchev–Trinajstić information content (AvgIpc) is 2.95. The number of anilines is 1. The van der Waals surface area contributed by atoms with Crippen LogP contribution in [0.5, 0.6) is 0 Å². The van der Waals surface area contributed by atoms with E-state index in [1.807, 2.05) is 55.5 Å². The van der Waals surface area contributed by atoms with Crippen molar-refractivity contribution in [1.82, 2.24) is 4.90 Å². The average molecular weight is 525 g/mol. The molecule has 1 aliphatic heterocycles. The zero-order chi connectivity index (χ0) is 27.2. The highest BCUT2D eigenvalue weighted by Crippen LogP contribution is 2.35. The summed E-state index contributed by atoms with van der Waals surface area (Å²) in [5.41, 5.74) is 2.48. The van der Waals surface area contributed by atoms with E-state index in [2.05, 4.69) is 15.9 Å². The number of methoxy groups -OCH3 is 1. The van der Waals surface area contributed by atoms with E-state index in [0.717, 1.165) is 80.1 Å². The first kappa shape index (κ1) is 27.7. The summed E-state index contributed by atoms with van der Waals surface area (Å²) in [6.07, 6.45) is -2.03. The Balaban J connectivity index is 1.34. The third kappa shape index (κ3) is 6.21.